The van der Waals surface area contributed by atoms with E-state index < -0.39 is 0 Å². The minimum atomic E-state index is -0.355. The van der Waals surface area contributed by atoms with Crippen LogP contribution in [0.25, 0.3) is 0 Å². The number of hydrogen-bond acceptors (Lipinski definition) is 3. The summed E-state index contributed by atoms with van der Waals surface area (Å²) in [5.74, 6) is 0.122. The number of anilines is 1. The second-order valence-electron chi connectivity index (χ2n) is 6.71. The van der Waals surface area contributed by atoms with Crippen LogP contribution in [-0.4, -0.2) is 50.8 Å². The van der Waals surface area contributed by atoms with E-state index >= 15 is 0 Å². The van der Waals surface area contributed by atoms with Crippen LogP contribution in [-0.2, 0) is 4.74 Å². The molecule has 1 aliphatic heterocycles. The summed E-state index contributed by atoms with van der Waals surface area (Å²) >= 11 is 0. The normalized spacial score (nSPS) is 18.1. The van der Waals surface area contributed by atoms with Crippen LogP contribution in [0.5, 0.6) is 0 Å². The zero-order valence-electron chi connectivity index (χ0n) is 15.1. The Kier molecular flexibility index (Phi) is 8.69. The molecule has 0 spiro atoms. The van der Waals surface area contributed by atoms with E-state index in [4.69, 9.17) is 4.74 Å². The fraction of sp³-hybridized carbons (Fsp3) is 0.632. The van der Waals surface area contributed by atoms with Crippen LogP contribution >= 0.6 is 0 Å². The third-order valence-corrected chi connectivity index (χ3v) is 4.56. The zero-order chi connectivity index (χ0) is 17.9. The molecular weight excluding hydrogens is 321 g/mol. The topological polar surface area (TPSA) is 53.6 Å². The molecule has 1 aromatic rings. The highest BCUT2D eigenvalue weighted by Gasteiger charge is 2.20. The predicted octanol–water partition coefficient (Wildman–Crippen LogP) is 3.48. The van der Waals surface area contributed by atoms with Crippen molar-refractivity contribution in [3.05, 3.63) is 30.1 Å². The second kappa shape index (κ2) is 11.1. The summed E-state index contributed by atoms with van der Waals surface area (Å²) < 4.78 is 18.2. The number of hydrogen-bond donors (Lipinski definition) is 2. The van der Waals surface area contributed by atoms with E-state index in [1.165, 1.54) is 31.4 Å². The molecule has 1 aromatic carbocycles. The van der Waals surface area contributed by atoms with Gasteiger partial charge in [0.15, 0.2) is 0 Å². The molecule has 0 saturated carbocycles. The number of likely N-dealkylation sites (tertiary alicyclic amines) is 1. The van der Waals surface area contributed by atoms with Crippen molar-refractivity contribution in [1.82, 2.24) is 10.2 Å². The Labute approximate surface area is 149 Å². The fourth-order valence-corrected chi connectivity index (χ4v) is 3.26. The third-order valence-electron chi connectivity index (χ3n) is 4.56. The standard InChI is InChI=1S/C19H30FN3O2/c1-25-12-4-2-3-10-23-11-6-7-16(15-23)14-21-19(24)22-18-9-5-8-17(20)13-18/h5,8-9,13,16H,2-4,6-7,10-12,14-15H2,1H3,(H2,21,22,24). The second-order valence-corrected chi connectivity index (χ2v) is 6.71. The van der Waals surface area contributed by atoms with Crippen molar-refractivity contribution in [2.45, 2.75) is 32.1 Å². The first kappa shape index (κ1) is 19.7. The van der Waals surface area contributed by atoms with Gasteiger partial charge >= 0.3 is 6.03 Å². The number of carbonyl (C=O) groups is 1. The van der Waals surface area contributed by atoms with Crippen molar-refractivity contribution < 1.29 is 13.9 Å². The minimum Gasteiger partial charge on any atom is -0.385 e. The fourth-order valence-electron chi connectivity index (χ4n) is 3.26. The molecular formula is C19H30FN3O2. The van der Waals surface area contributed by atoms with E-state index in [0.29, 0.717) is 18.2 Å². The molecule has 1 aliphatic rings. The zero-order valence-corrected chi connectivity index (χ0v) is 15.1. The van der Waals surface area contributed by atoms with E-state index in [2.05, 4.69) is 15.5 Å². The van der Waals surface area contributed by atoms with Gasteiger partial charge < -0.3 is 20.3 Å². The Morgan fingerprint density at radius 2 is 2.24 bits per heavy atom. The van der Waals surface area contributed by atoms with E-state index in [0.717, 1.165) is 39.1 Å². The maximum Gasteiger partial charge on any atom is 0.319 e. The third kappa shape index (κ3) is 7.84. The Bertz CT molecular complexity index is 527. The van der Waals surface area contributed by atoms with Crippen LogP contribution in [0.4, 0.5) is 14.9 Å². The molecule has 0 aliphatic carbocycles. The highest BCUT2D eigenvalue weighted by Crippen LogP contribution is 2.16. The Morgan fingerprint density at radius 3 is 3.04 bits per heavy atom. The number of nitrogens with one attached hydrogen (secondary N) is 2. The van der Waals surface area contributed by atoms with Crippen molar-refractivity contribution >= 4 is 11.7 Å². The molecule has 0 bridgehead atoms. The smallest absolute Gasteiger partial charge is 0.319 e. The maximum absolute atomic E-state index is 13.1. The van der Waals surface area contributed by atoms with E-state index in [1.54, 1.807) is 19.2 Å². The quantitative estimate of drug-likeness (QED) is 0.670. The lowest BCUT2D eigenvalue weighted by molar-refractivity contribution is 0.163. The van der Waals surface area contributed by atoms with Crippen LogP contribution in [0.3, 0.4) is 0 Å². The molecule has 1 heterocycles. The van der Waals surface area contributed by atoms with Gasteiger partial charge in [0.1, 0.15) is 5.82 Å². The highest BCUT2D eigenvalue weighted by atomic mass is 19.1. The average Bonchev–Trinajstić information content (AvgIpc) is 2.60. The average molecular weight is 351 g/mol. The van der Waals surface area contributed by atoms with E-state index in [9.17, 15) is 9.18 Å². The van der Waals surface area contributed by atoms with Crippen molar-refractivity contribution in [3.63, 3.8) is 0 Å². The molecule has 140 valence electrons. The SMILES string of the molecule is COCCCCCN1CCCC(CNC(=O)Nc2cccc(F)c2)C1. The van der Waals surface area contributed by atoms with Crippen LogP contribution in [0.15, 0.2) is 24.3 Å². The van der Waals surface area contributed by atoms with Gasteiger partial charge in [0.05, 0.1) is 0 Å². The van der Waals surface area contributed by atoms with Gasteiger partial charge in [0.2, 0.25) is 0 Å². The Hall–Kier alpha value is -1.66. The molecule has 1 saturated heterocycles. The number of urea groups is 1. The molecule has 2 amide bonds. The molecule has 2 N–H and O–H groups in total. The lowest BCUT2D eigenvalue weighted by atomic mass is 9.98. The molecule has 0 radical (unpaired) electrons. The first-order valence-electron chi connectivity index (χ1n) is 9.19. The lowest BCUT2D eigenvalue weighted by Gasteiger charge is -2.32. The van der Waals surface area contributed by atoms with Gasteiger partial charge in [-0.25, -0.2) is 9.18 Å². The molecule has 25 heavy (non-hydrogen) atoms. The van der Waals surface area contributed by atoms with Crippen molar-refractivity contribution in [1.29, 1.82) is 0 Å². The van der Waals surface area contributed by atoms with Gasteiger partial charge in [-0.05, 0) is 69.3 Å². The summed E-state index contributed by atoms with van der Waals surface area (Å²) in [6.07, 6.45) is 5.83. The summed E-state index contributed by atoms with van der Waals surface area (Å²) in [6.45, 7) is 4.80. The van der Waals surface area contributed by atoms with E-state index in [1.807, 2.05) is 0 Å². The van der Waals surface area contributed by atoms with Crippen LogP contribution in [0.2, 0.25) is 0 Å². The number of piperidine rings is 1. The van der Waals surface area contributed by atoms with Crippen molar-refractivity contribution in [3.8, 4) is 0 Å². The lowest BCUT2D eigenvalue weighted by Crippen LogP contribution is -2.42. The van der Waals surface area contributed by atoms with Crippen molar-refractivity contribution in [2.24, 2.45) is 5.92 Å². The maximum atomic E-state index is 13.1. The number of ether oxygens (including phenoxy) is 1. The predicted molar refractivity (Wildman–Crippen MR) is 98.3 cm³/mol. The Balaban J connectivity index is 1.63. The first-order valence-corrected chi connectivity index (χ1v) is 9.19. The van der Waals surface area contributed by atoms with Gasteiger partial charge in [-0.15, -0.1) is 0 Å². The van der Waals surface area contributed by atoms with Gasteiger partial charge in [0, 0.05) is 32.5 Å². The van der Waals surface area contributed by atoms with Crippen LogP contribution in [0, 0.1) is 11.7 Å². The van der Waals surface area contributed by atoms with Gasteiger partial charge in [-0.3, -0.25) is 0 Å². The van der Waals surface area contributed by atoms with Crippen molar-refractivity contribution in [2.75, 3.05) is 45.2 Å². The van der Waals surface area contributed by atoms with Gasteiger partial charge in [-0.2, -0.15) is 0 Å². The summed E-state index contributed by atoms with van der Waals surface area (Å²) in [6, 6.07) is 5.65. The summed E-state index contributed by atoms with van der Waals surface area (Å²) in [5, 5.41) is 5.58. The van der Waals surface area contributed by atoms with E-state index in [-0.39, 0.29) is 11.8 Å². The Morgan fingerprint density at radius 1 is 1.36 bits per heavy atom. The largest absolute Gasteiger partial charge is 0.385 e. The van der Waals surface area contributed by atoms with Crippen LogP contribution < -0.4 is 10.6 Å². The number of nitrogens with zero attached hydrogens (tertiary/aromatic N) is 1. The number of methoxy groups -OCH3 is 1. The number of unbranched alkanes of at least 4 members (excludes halogenated alkanes) is 2. The number of halogens is 1. The molecule has 1 unspecified atom stereocenters. The number of rotatable bonds is 9. The number of amides is 2. The number of benzene rings is 1. The molecule has 0 aromatic heterocycles. The molecule has 2 rings (SSSR count). The molecule has 5 nitrogen and oxygen atoms in total. The van der Waals surface area contributed by atoms with Gasteiger partial charge in [0.25, 0.3) is 0 Å². The minimum absolute atomic E-state index is 0.276. The molecule has 1 atom stereocenters. The first-order chi connectivity index (χ1) is 12.2. The summed E-state index contributed by atoms with van der Waals surface area (Å²) in [5.41, 5.74) is 0.471. The molecule has 1 fully saturated rings. The highest BCUT2D eigenvalue weighted by molar-refractivity contribution is 5.89. The summed E-state index contributed by atoms with van der Waals surface area (Å²) in [7, 11) is 1.74. The molecule has 6 heteroatoms. The summed E-state index contributed by atoms with van der Waals surface area (Å²) in [4.78, 5) is 14.4. The monoisotopic (exact) mass is 351 g/mol. The van der Waals surface area contributed by atoms with Gasteiger partial charge in [-0.1, -0.05) is 6.07 Å². The van der Waals surface area contributed by atoms with Crippen LogP contribution in [0.1, 0.15) is 32.1 Å². The number of carbonyl (C=O) groups excluding carboxylic acids is 1.